The Hall–Kier alpha value is -2.18. The van der Waals surface area contributed by atoms with E-state index in [-0.39, 0.29) is 6.10 Å². The number of nitrogens with one attached hydrogen (secondary N) is 1. The number of hydrogen-bond acceptors (Lipinski definition) is 5. The first kappa shape index (κ1) is 19.6. The Morgan fingerprint density at radius 1 is 1.41 bits per heavy atom. The summed E-state index contributed by atoms with van der Waals surface area (Å²) in [5, 5.41) is 4.54. The van der Waals surface area contributed by atoms with Gasteiger partial charge in [0.2, 0.25) is 0 Å². The smallest absolute Gasteiger partial charge is 0.252 e. The van der Waals surface area contributed by atoms with Gasteiger partial charge in [-0.1, -0.05) is 25.5 Å². The molecular formula is C21H30N4O2. The van der Waals surface area contributed by atoms with E-state index in [1.807, 2.05) is 31.2 Å². The van der Waals surface area contributed by atoms with Crippen molar-refractivity contribution in [1.82, 2.24) is 10.3 Å². The van der Waals surface area contributed by atoms with E-state index < -0.39 is 5.91 Å². The molecule has 27 heavy (non-hydrogen) atoms. The van der Waals surface area contributed by atoms with Gasteiger partial charge in [-0.05, 0) is 44.0 Å². The van der Waals surface area contributed by atoms with Crippen LogP contribution in [-0.2, 0) is 4.74 Å². The lowest BCUT2D eigenvalue weighted by Crippen LogP contribution is -2.54. The van der Waals surface area contributed by atoms with Crippen molar-refractivity contribution in [3.8, 4) is 0 Å². The Kier molecular flexibility index (Phi) is 5.97. The Labute approximate surface area is 161 Å². The van der Waals surface area contributed by atoms with Crippen molar-refractivity contribution in [3.05, 3.63) is 35.4 Å². The summed E-state index contributed by atoms with van der Waals surface area (Å²) >= 11 is 0. The van der Waals surface area contributed by atoms with E-state index in [0.29, 0.717) is 29.9 Å². The summed E-state index contributed by atoms with van der Waals surface area (Å²) in [6, 6.07) is 8.21. The number of rotatable bonds is 6. The molecule has 1 aromatic heterocycles. The predicted molar refractivity (Wildman–Crippen MR) is 109 cm³/mol. The monoisotopic (exact) mass is 370 g/mol. The first-order valence-corrected chi connectivity index (χ1v) is 9.61. The van der Waals surface area contributed by atoms with Gasteiger partial charge in [0.25, 0.3) is 5.91 Å². The number of aromatic nitrogens is 1. The van der Waals surface area contributed by atoms with Gasteiger partial charge in [0.15, 0.2) is 0 Å². The lowest BCUT2D eigenvalue weighted by molar-refractivity contribution is 0.0589. The van der Waals surface area contributed by atoms with Crippen LogP contribution in [0.1, 0.15) is 36.2 Å². The van der Waals surface area contributed by atoms with Crippen LogP contribution in [0.5, 0.6) is 0 Å². The zero-order valence-corrected chi connectivity index (χ0v) is 16.7. The highest BCUT2D eigenvalue weighted by Crippen LogP contribution is 2.27. The number of pyridine rings is 1. The minimum Gasteiger partial charge on any atom is -0.378 e. The van der Waals surface area contributed by atoms with E-state index in [1.165, 1.54) is 0 Å². The summed E-state index contributed by atoms with van der Waals surface area (Å²) in [4.78, 5) is 19.0. The largest absolute Gasteiger partial charge is 0.378 e. The van der Waals surface area contributed by atoms with Gasteiger partial charge in [-0.3, -0.25) is 4.79 Å². The summed E-state index contributed by atoms with van der Waals surface area (Å²) in [5.41, 5.74) is 8.14. The van der Waals surface area contributed by atoms with E-state index in [0.717, 1.165) is 36.0 Å². The molecule has 1 amide bonds. The van der Waals surface area contributed by atoms with Gasteiger partial charge >= 0.3 is 0 Å². The maximum absolute atomic E-state index is 12.1. The van der Waals surface area contributed by atoms with Crippen LogP contribution in [0, 0.1) is 12.8 Å². The molecule has 1 saturated heterocycles. The average molecular weight is 370 g/mol. The number of hydrogen-bond donors (Lipinski definition) is 2. The zero-order valence-electron chi connectivity index (χ0n) is 16.7. The van der Waals surface area contributed by atoms with Crippen molar-refractivity contribution in [2.45, 2.75) is 39.3 Å². The van der Waals surface area contributed by atoms with Crippen molar-refractivity contribution in [1.29, 1.82) is 0 Å². The summed E-state index contributed by atoms with van der Waals surface area (Å²) < 4.78 is 5.74. The van der Waals surface area contributed by atoms with Crippen LogP contribution in [0.15, 0.2) is 24.3 Å². The second-order valence-corrected chi connectivity index (χ2v) is 7.84. The SMILES string of the molecule is COC1CN(c2nc3ccc(C)cc3cc2C(N)=O)CCC1NCC(C)C. The number of methoxy groups -OCH3 is 1. The third-order valence-electron chi connectivity index (χ3n) is 5.17. The van der Waals surface area contributed by atoms with Gasteiger partial charge in [0.1, 0.15) is 5.82 Å². The predicted octanol–water partition coefficient (Wildman–Crippen LogP) is 2.48. The molecule has 1 aromatic carbocycles. The quantitative estimate of drug-likeness (QED) is 0.816. The molecule has 3 rings (SSSR count). The molecule has 0 aliphatic carbocycles. The van der Waals surface area contributed by atoms with Crippen LogP contribution in [0.2, 0.25) is 0 Å². The Morgan fingerprint density at radius 3 is 2.85 bits per heavy atom. The van der Waals surface area contributed by atoms with Gasteiger partial charge in [-0.25, -0.2) is 4.98 Å². The number of nitrogens with zero attached hydrogens (tertiary/aromatic N) is 2. The highest BCUT2D eigenvalue weighted by molar-refractivity contribution is 6.01. The van der Waals surface area contributed by atoms with Crippen molar-refractivity contribution >= 4 is 22.6 Å². The number of amides is 1. The molecule has 3 N–H and O–H groups in total. The number of benzene rings is 1. The van der Waals surface area contributed by atoms with Crippen LogP contribution in [-0.4, -0.2) is 49.8 Å². The molecule has 1 fully saturated rings. The number of aryl methyl sites for hydroxylation is 1. The minimum absolute atomic E-state index is 0.0359. The van der Waals surface area contributed by atoms with E-state index in [4.69, 9.17) is 15.5 Å². The first-order valence-electron chi connectivity index (χ1n) is 9.61. The molecule has 0 bridgehead atoms. The molecule has 6 heteroatoms. The van der Waals surface area contributed by atoms with Gasteiger partial charge in [-0.15, -0.1) is 0 Å². The molecular weight excluding hydrogens is 340 g/mol. The maximum atomic E-state index is 12.1. The fourth-order valence-corrected chi connectivity index (χ4v) is 3.68. The molecule has 1 aliphatic heterocycles. The molecule has 0 radical (unpaired) electrons. The second-order valence-electron chi connectivity index (χ2n) is 7.84. The number of anilines is 1. The van der Waals surface area contributed by atoms with E-state index >= 15 is 0 Å². The third kappa shape index (κ3) is 4.39. The Balaban J connectivity index is 1.89. The molecule has 146 valence electrons. The Bertz CT molecular complexity index is 821. The fraction of sp³-hybridized carbons (Fsp3) is 0.524. The van der Waals surface area contributed by atoms with Gasteiger partial charge in [-0.2, -0.15) is 0 Å². The van der Waals surface area contributed by atoms with Crippen molar-refractivity contribution in [2.75, 3.05) is 31.6 Å². The number of carbonyl (C=O) groups is 1. The molecule has 6 nitrogen and oxygen atoms in total. The molecule has 0 spiro atoms. The van der Waals surface area contributed by atoms with Crippen molar-refractivity contribution in [3.63, 3.8) is 0 Å². The number of primary amides is 1. The third-order valence-corrected chi connectivity index (χ3v) is 5.17. The van der Waals surface area contributed by atoms with Gasteiger partial charge in [0, 0.05) is 31.6 Å². The minimum atomic E-state index is -0.449. The number of piperidine rings is 1. The molecule has 0 saturated carbocycles. The second kappa shape index (κ2) is 8.23. The van der Waals surface area contributed by atoms with Gasteiger partial charge in [0.05, 0.1) is 17.2 Å². The maximum Gasteiger partial charge on any atom is 0.252 e. The normalized spacial score (nSPS) is 20.4. The van der Waals surface area contributed by atoms with Crippen LogP contribution >= 0.6 is 0 Å². The topological polar surface area (TPSA) is 80.5 Å². The van der Waals surface area contributed by atoms with E-state index in [1.54, 1.807) is 7.11 Å². The highest BCUT2D eigenvalue weighted by Gasteiger charge is 2.31. The van der Waals surface area contributed by atoms with Gasteiger partial charge < -0.3 is 20.7 Å². The molecule has 2 heterocycles. The van der Waals surface area contributed by atoms with Crippen molar-refractivity contribution in [2.24, 2.45) is 11.7 Å². The number of ether oxygens (including phenoxy) is 1. The molecule has 2 unspecified atom stereocenters. The highest BCUT2D eigenvalue weighted by atomic mass is 16.5. The summed E-state index contributed by atoms with van der Waals surface area (Å²) in [6.45, 7) is 8.87. The lowest BCUT2D eigenvalue weighted by atomic mass is 9.99. The Morgan fingerprint density at radius 2 is 2.19 bits per heavy atom. The molecule has 2 atom stereocenters. The van der Waals surface area contributed by atoms with Crippen LogP contribution in [0.3, 0.4) is 0 Å². The number of carbonyl (C=O) groups excluding carboxylic acids is 1. The van der Waals surface area contributed by atoms with Crippen LogP contribution < -0.4 is 16.0 Å². The molecule has 2 aromatic rings. The van der Waals surface area contributed by atoms with E-state index in [2.05, 4.69) is 24.1 Å². The standard InChI is InChI=1S/C21H30N4O2/c1-13(2)11-23-18-7-8-25(12-19(18)27-4)21-16(20(22)26)10-15-9-14(3)5-6-17(15)24-21/h5-6,9-10,13,18-19,23H,7-8,11-12H2,1-4H3,(H2,22,26). The summed E-state index contributed by atoms with van der Waals surface area (Å²) in [7, 11) is 1.74. The van der Waals surface area contributed by atoms with E-state index in [9.17, 15) is 4.79 Å². The lowest BCUT2D eigenvalue weighted by Gasteiger charge is -2.39. The summed E-state index contributed by atoms with van der Waals surface area (Å²) in [6.07, 6.45) is 0.963. The fourth-order valence-electron chi connectivity index (χ4n) is 3.68. The summed E-state index contributed by atoms with van der Waals surface area (Å²) in [5.74, 6) is 0.797. The average Bonchev–Trinajstić information content (AvgIpc) is 2.64. The first-order chi connectivity index (χ1) is 12.9. The number of fused-ring (bicyclic) bond motifs is 1. The number of nitrogens with two attached hydrogens (primary N) is 1. The van der Waals surface area contributed by atoms with Crippen molar-refractivity contribution < 1.29 is 9.53 Å². The van der Waals surface area contributed by atoms with Crippen LogP contribution in [0.4, 0.5) is 5.82 Å². The molecule has 1 aliphatic rings. The van der Waals surface area contributed by atoms with Crippen LogP contribution in [0.25, 0.3) is 10.9 Å². The zero-order chi connectivity index (χ0) is 19.6.